The van der Waals surface area contributed by atoms with Crippen molar-refractivity contribution in [3.63, 3.8) is 0 Å². The molecule has 2 heterocycles. The van der Waals surface area contributed by atoms with Gasteiger partial charge in [0.05, 0.1) is 12.1 Å². The predicted octanol–water partition coefficient (Wildman–Crippen LogP) is 2.39. The quantitative estimate of drug-likeness (QED) is 0.916. The lowest BCUT2D eigenvalue weighted by molar-refractivity contribution is 0.0605. The highest BCUT2D eigenvalue weighted by molar-refractivity contribution is 5.71. The smallest absolute Gasteiger partial charge is 0.180 e. The van der Waals surface area contributed by atoms with E-state index in [1.165, 1.54) is 12.8 Å². The molecular weight excluding hydrogens is 240 g/mol. The van der Waals surface area contributed by atoms with Gasteiger partial charge in [0.15, 0.2) is 5.65 Å². The highest BCUT2D eigenvalue weighted by atomic mass is 16.5. The standard InChI is InChI=1S/C14H18N4O/c1-19-12-5-3-2-4-10(12)17-13-7-6-11-14(18-13)16-9-8-15-11/h6-10,12H,2-5H2,1H3,(H,16,17,18)/t10-,12-/m1/s1. The second-order valence-electron chi connectivity index (χ2n) is 4.91. The summed E-state index contributed by atoms with van der Waals surface area (Å²) in [6.07, 6.45) is 8.34. The van der Waals surface area contributed by atoms with Crippen molar-refractivity contribution in [2.24, 2.45) is 0 Å². The van der Waals surface area contributed by atoms with Crippen LogP contribution in [0.1, 0.15) is 25.7 Å². The Kier molecular flexibility index (Phi) is 3.55. The van der Waals surface area contributed by atoms with Crippen molar-refractivity contribution in [1.82, 2.24) is 15.0 Å². The van der Waals surface area contributed by atoms with Crippen molar-refractivity contribution in [2.45, 2.75) is 37.8 Å². The number of rotatable bonds is 3. The fourth-order valence-corrected chi connectivity index (χ4v) is 2.67. The maximum atomic E-state index is 5.55. The summed E-state index contributed by atoms with van der Waals surface area (Å²) in [6.45, 7) is 0. The molecule has 1 aliphatic carbocycles. The number of aromatic nitrogens is 3. The molecule has 5 nitrogen and oxygen atoms in total. The van der Waals surface area contributed by atoms with Crippen LogP contribution < -0.4 is 5.32 Å². The highest BCUT2D eigenvalue weighted by Gasteiger charge is 2.24. The van der Waals surface area contributed by atoms with Gasteiger partial charge in [-0.1, -0.05) is 12.8 Å². The third-order valence-electron chi connectivity index (χ3n) is 3.67. The van der Waals surface area contributed by atoms with E-state index in [1.54, 1.807) is 19.5 Å². The Bertz CT molecular complexity index is 560. The summed E-state index contributed by atoms with van der Waals surface area (Å²) in [4.78, 5) is 12.9. The molecule has 0 spiro atoms. The van der Waals surface area contributed by atoms with Crippen molar-refractivity contribution >= 4 is 17.0 Å². The van der Waals surface area contributed by atoms with E-state index < -0.39 is 0 Å². The van der Waals surface area contributed by atoms with Crippen LogP contribution in [0, 0.1) is 0 Å². The van der Waals surface area contributed by atoms with Gasteiger partial charge in [-0.2, -0.15) is 0 Å². The van der Waals surface area contributed by atoms with Crippen molar-refractivity contribution in [3.8, 4) is 0 Å². The van der Waals surface area contributed by atoms with Gasteiger partial charge in [-0.3, -0.25) is 4.98 Å². The van der Waals surface area contributed by atoms with Gasteiger partial charge in [-0.25, -0.2) is 9.97 Å². The first-order valence-corrected chi connectivity index (χ1v) is 6.74. The molecule has 2 aromatic rings. The van der Waals surface area contributed by atoms with Crippen LogP contribution in [-0.4, -0.2) is 34.2 Å². The molecule has 1 fully saturated rings. The molecule has 0 radical (unpaired) electrons. The molecule has 0 aromatic carbocycles. The SMILES string of the molecule is CO[C@@H]1CCCC[C@H]1Nc1ccc2nccnc2n1. The van der Waals surface area contributed by atoms with E-state index in [1.807, 2.05) is 12.1 Å². The first kappa shape index (κ1) is 12.3. The molecule has 5 heteroatoms. The van der Waals surface area contributed by atoms with Crippen molar-refractivity contribution in [3.05, 3.63) is 24.5 Å². The van der Waals surface area contributed by atoms with Gasteiger partial charge >= 0.3 is 0 Å². The number of anilines is 1. The third kappa shape index (κ3) is 2.66. The van der Waals surface area contributed by atoms with E-state index in [9.17, 15) is 0 Å². The molecule has 0 bridgehead atoms. The Morgan fingerprint density at radius 1 is 1.16 bits per heavy atom. The minimum absolute atomic E-state index is 0.271. The summed E-state index contributed by atoms with van der Waals surface area (Å²) < 4.78 is 5.55. The van der Waals surface area contributed by atoms with Crippen LogP contribution in [0.15, 0.2) is 24.5 Å². The van der Waals surface area contributed by atoms with Gasteiger partial charge in [-0.05, 0) is 25.0 Å². The van der Waals surface area contributed by atoms with E-state index >= 15 is 0 Å². The second kappa shape index (κ2) is 5.48. The maximum Gasteiger partial charge on any atom is 0.180 e. The molecule has 0 amide bonds. The number of nitrogens with zero attached hydrogens (tertiary/aromatic N) is 3. The van der Waals surface area contributed by atoms with Gasteiger partial charge in [0.1, 0.15) is 11.3 Å². The molecule has 19 heavy (non-hydrogen) atoms. The summed E-state index contributed by atoms with van der Waals surface area (Å²) in [6, 6.07) is 4.24. The van der Waals surface area contributed by atoms with E-state index in [4.69, 9.17) is 4.74 Å². The first-order valence-electron chi connectivity index (χ1n) is 6.74. The van der Waals surface area contributed by atoms with Crippen LogP contribution in [0.4, 0.5) is 5.82 Å². The van der Waals surface area contributed by atoms with E-state index in [0.717, 1.165) is 24.2 Å². The number of methoxy groups -OCH3 is 1. The summed E-state index contributed by atoms with van der Waals surface area (Å²) >= 11 is 0. The maximum absolute atomic E-state index is 5.55. The number of hydrogen-bond acceptors (Lipinski definition) is 5. The van der Waals surface area contributed by atoms with Crippen LogP contribution in [0.25, 0.3) is 11.2 Å². The van der Waals surface area contributed by atoms with Crippen molar-refractivity contribution in [1.29, 1.82) is 0 Å². The molecular formula is C14H18N4O. The topological polar surface area (TPSA) is 59.9 Å². The van der Waals surface area contributed by atoms with Gasteiger partial charge in [0.25, 0.3) is 0 Å². The minimum Gasteiger partial charge on any atom is -0.379 e. The molecule has 3 rings (SSSR count). The van der Waals surface area contributed by atoms with E-state index in [-0.39, 0.29) is 6.10 Å². The number of ether oxygens (including phenoxy) is 1. The fourth-order valence-electron chi connectivity index (χ4n) is 2.67. The Morgan fingerprint density at radius 2 is 2.00 bits per heavy atom. The van der Waals surface area contributed by atoms with Crippen LogP contribution in [0.3, 0.4) is 0 Å². The zero-order chi connectivity index (χ0) is 13.1. The molecule has 1 saturated carbocycles. The van der Waals surface area contributed by atoms with Gasteiger partial charge in [0.2, 0.25) is 0 Å². The summed E-state index contributed by atoms with van der Waals surface area (Å²) in [5.41, 5.74) is 1.50. The molecule has 1 N–H and O–H groups in total. The predicted molar refractivity (Wildman–Crippen MR) is 74.0 cm³/mol. The summed E-state index contributed by atoms with van der Waals surface area (Å²) in [7, 11) is 1.78. The van der Waals surface area contributed by atoms with Crippen LogP contribution in [0.2, 0.25) is 0 Å². The Labute approximate surface area is 112 Å². The number of hydrogen-bond donors (Lipinski definition) is 1. The Morgan fingerprint density at radius 3 is 2.89 bits per heavy atom. The molecule has 0 unspecified atom stereocenters. The summed E-state index contributed by atoms with van der Waals surface area (Å²) in [5, 5.41) is 3.47. The first-order chi connectivity index (χ1) is 9.36. The average Bonchev–Trinajstić information content (AvgIpc) is 2.48. The normalized spacial score (nSPS) is 23.4. The lowest BCUT2D eigenvalue weighted by Gasteiger charge is -2.31. The fraction of sp³-hybridized carbons (Fsp3) is 0.500. The van der Waals surface area contributed by atoms with Crippen LogP contribution in [0.5, 0.6) is 0 Å². The number of fused-ring (bicyclic) bond motifs is 1. The van der Waals surface area contributed by atoms with Gasteiger partial charge in [0, 0.05) is 19.5 Å². The lowest BCUT2D eigenvalue weighted by atomic mass is 9.92. The molecule has 2 aromatic heterocycles. The Balaban J connectivity index is 1.80. The zero-order valence-electron chi connectivity index (χ0n) is 11.0. The molecule has 0 aliphatic heterocycles. The average molecular weight is 258 g/mol. The van der Waals surface area contributed by atoms with Crippen molar-refractivity contribution < 1.29 is 4.74 Å². The lowest BCUT2D eigenvalue weighted by Crippen LogP contribution is -2.38. The minimum atomic E-state index is 0.271. The van der Waals surface area contributed by atoms with Crippen LogP contribution >= 0.6 is 0 Å². The Hall–Kier alpha value is -1.75. The highest BCUT2D eigenvalue weighted by Crippen LogP contribution is 2.24. The molecule has 100 valence electrons. The monoisotopic (exact) mass is 258 g/mol. The number of nitrogens with one attached hydrogen (secondary N) is 1. The zero-order valence-corrected chi connectivity index (χ0v) is 11.0. The number of pyridine rings is 1. The molecule has 2 atom stereocenters. The van der Waals surface area contributed by atoms with Crippen molar-refractivity contribution in [2.75, 3.05) is 12.4 Å². The largest absolute Gasteiger partial charge is 0.379 e. The molecule has 0 saturated heterocycles. The van der Waals surface area contributed by atoms with E-state index in [0.29, 0.717) is 11.7 Å². The molecule has 1 aliphatic rings. The van der Waals surface area contributed by atoms with E-state index in [2.05, 4.69) is 20.3 Å². The summed E-state index contributed by atoms with van der Waals surface area (Å²) in [5.74, 6) is 0.849. The second-order valence-corrected chi connectivity index (χ2v) is 4.91. The van der Waals surface area contributed by atoms with Gasteiger partial charge in [-0.15, -0.1) is 0 Å². The van der Waals surface area contributed by atoms with Crippen LogP contribution in [-0.2, 0) is 4.74 Å². The van der Waals surface area contributed by atoms with Gasteiger partial charge < -0.3 is 10.1 Å². The third-order valence-corrected chi connectivity index (χ3v) is 3.67.